The lowest BCUT2D eigenvalue weighted by Crippen LogP contribution is -2.29. The molecule has 4 nitrogen and oxygen atoms in total. The zero-order valence-electron chi connectivity index (χ0n) is 15.2. The van der Waals surface area contributed by atoms with Gasteiger partial charge in [0.2, 0.25) is 0 Å². The SMILES string of the molecule is CCCOC(=O)c1ccc(C(=O)c2ccc(N3CCCCC3)cc2)cc1. The van der Waals surface area contributed by atoms with Gasteiger partial charge in [0.15, 0.2) is 5.78 Å². The molecule has 2 aromatic rings. The van der Waals surface area contributed by atoms with Crippen molar-refractivity contribution in [3.63, 3.8) is 0 Å². The number of carbonyl (C=O) groups excluding carboxylic acids is 2. The number of esters is 1. The molecule has 26 heavy (non-hydrogen) atoms. The lowest BCUT2D eigenvalue weighted by molar-refractivity contribution is 0.0505. The van der Waals surface area contributed by atoms with Crippen LogP contribution < -0.4 is 4.90 Å². The third kappa shape index (κ3) is 4.31. The van der Waals surface area contributed by atoms with Gasteiger partial charge in [-0.3, -0.25) is 4.79 Å². The first-order valence-electron chi connectivity index (χ1n) is 9.36. The summed E-state index contributed by atoms with van der Waals surface area (Å²) in [5.74, 6) is -0.389. The van der Waals surface area contributed by atoms with Crippen molar-refractivity contribution >= 4 is 17.4 Å². The van der Waals surface area contributed by atoms with Gasteiger partial charge >= 0.3 is 5.97 Å². The Morgan fingerprint density at radius 1 is 0.846 bits per heavy atom. The zero-order chi connectivity index (χ0) is 18.4. The first-order valence-corrected chi connectivity index (χ1v) is 9.36. The van der Waals surface area contributed by atoms with E-state index in [1.807, 2.05) is 31.2 Å². The predicted octanol–water partition coefficient (Wildman–Crippen LogP) is 4.47. The number of hydrogen-bond acceptors (Lipinski definition) is 4. The van der Waals surface area contributed by atoms with Crippen LogP contribution in [0.2, 0.25) is 0 Å². The molecule has 0 amide bonds. The fourth-order valence-electron chi connectivity index (χ4n) is 3.18. The van der Waals surface area contributed by atoms with Crippen LogP contribution in [0.15, 0.2) is 48.5 Å². The summed E-state index contributed by atoms with van der Waals surface area (Å²) >= 11 is 0. The van der Waals surface area contributed by atoms with E-state index in [1.165, 1.54) is 24.9 Å². The van der Waals surface area contributed by atoms with E-state index in [0.29, 0.717) is 23.3 Å². The smallest absolute Gasteiger partial charge is 0.338 e. The molecule has 1 fully saturated rings. The Morgan fingerprint density at radius 2 is 1.38 bits per heavy atom. The van der Waals surface area contributed by atoms with E-state index in [2.05, 4.69) is 4.90 Å². The number of benzene rings is 2. The minimum atomic E-state index is -0.350. The van der Waals surface area contributed by atoms with Gasteiger partial charge in [0, 0.05) is 29.9 Å². The maximum absolute atomic E-state index is 12.7. The average Bonchev–Trinajstić information content (AvgIpc) is 2.72. The molecule has 1 saturated heterocycles. The van der Waals surface area contributed by atoms with E-state index in [9.17, 15) is 9.59 Å². The minimum absolute atomic E-state index is 0.0383. The summed E-state index contributed by atoms with van der Waals surface area (Å²) in [4.78, 5) is 26.9. The number of nitrogens with zero attached hydrogens (tertiary/aromatic N) is 1. The maximum Gasteiger partial charge on any atom is 0.338 e. The van der Waals surface area contributed by atoms with Crippen molar-refractivity contribution in [3.05, 3.63) is 65.2 Å². The van der Waals surface area contributed by atoms with Crippen molar-refractivity contribution in [1.29, 1.82) is 0 Å². The summed E-state index contributed by atoms with van der Waals surface area (Å²) in [5.41, 5.74) is 2.88. The molecular formula is C22H25NO3. The Hall–Kier alpha value is -2.62. The minimum Gasteiger partial charge on any atom is -0.462 e. The van der Waals surface area contributed by atoms with E-state index in [1.54, 1.807) is 24.3 Å². The standard InChI is InChI=1S/C22H25NO3/c1-2-16-26-22(25)19-8-6-17(7-9-19)21(24)18-10-12-20(13-11-18)23-14-4-3-5-15-23/h6-13H,2-5,14-16H2,1H3. The molecule has 1 heterocycles. The van der Waals surface area contributed by atoms with Crippen LogP contribution in [0.1, 0.15) is 58.9 Å². The van der Waals surface area contributed by atoms with Crippen molar-refractivity contribution in [1.82, 2.24) is 0 Å². The molecule has 1 aliphatic heterocycles. The van der Waals surface area contributed by atoms with E-state index in [4.69, 9.17) is 4.74 Å². The quantitative estimate of drug-likeness (QED) is 0.569. The van der Waals surface area contributed by atoms with Crippen LogP contribution in [0.3, 0.4) is 0 Å². The predicted molar refractivity (Wildman–Crippen MR) is 103 cm³/mol. The molecule has 2 aromatic carbocycles. The molecule has 0 atom stereocenters. The Morgan fingerprint density at radius 3 is 1.96 bits per heavy atom. The van der Waals surface area contributed by atoms with Gasteiger partial charge in [0.1, 0.15) is 0 Å². The zero-order valence-corrected chi connectivity index (χ0v) is 15.2. The fraction of sp³-hybridized carbons (Fsp3) is 0.364. The third-order valence-electron chi connectivity index (χ3n) is 4.67. The number of carbonyl (C=O) groups is 2. The van der Waals surface area contributed by atoms with E-state index in [-0.39, 0.29) is 11.8 Å². The topological polar surface area (TPSA) is 46.6 Å². The Labute approximate surface area is 154 Å². The van der Waals surface area contributed by atoms with Crippen LogP contribution in [0, 0.1) is 0 Å². The molecule has 0 aliphatic carbocycles. The van der Waals surface area contributed by atoms with Crippen molar-refractivity contribution in [2.24, 2.45) is 0 Å². The second kappa shape index (κ2) is 8.65. The number of ketones is 1. The Balaban J connectivity index is 1.67. The van der Waals surface area contributed by atoms with Gasteiger partial charge < -0.3 is 9.64 Å². The lowest BCUT2D eigenvalue weighted by atomic mass is 10.0. The summed E-state index contributed by atoms with van der Waals surface area (Å²) in [5, 5.41) is 0. The summed E-state index contributed by atoms with van der Waals surface area (Å²) < 4.78 is 5.10. The molecule has 0 aromatic heterocycles. The number of anilines is 1. The number of rotatable bonds is 6. The van der Waals surface area contributed by atoms with Crippen LogP contribution >= 0.6 is 0 Å². The summed E-state index contributed by atoms with van der Waals surface area (Å²) in [6.07, 6.45) is 4.55. The van der Waals surface area contributed by atoms with Crippen molar-refractivity contribution in [3.8, 4) is 0 Å². The largest absolute Gasteiger partial charge is 0.462 e. The summed E-state index contributed by atoms with van der Waals surface area (Å²) in [6.45, 7) is 4.53. The first kappa shape index (κ1) is 18.2. The van der Waals surface area contributed by atoms with Gasteiger partial charge in [-0.15, -0.1) is 0 Å². The molecule has 0 radical (unpaired) electrons. The molecule has 0 N–H and O–H groups in total. The van der Waals surface area contributed by atoms with Gasteiger partial charge in [0.05, 0.1) is 12.2 Å². The third-order valence-corrected chi connectivity index (χ3v) is 4.67. The molecular weight excluding hydrogens is 326 g/mol. The Bertz CT molecular complexity index is 744. The number of piperidine rings is 1. The molecule has 3 rings (SSSR count). The number of hydrogen-bond donors (Lipinski definition) is 0. The highest BCUT2D eigenvalue weighted by molar-refractivity contribution is 6.09. The van der Waals surface area contributed by atoms with Gasteiger partial charge in [-0.2, -0.15) is 0 Å². The van der Waals surface area contributed by atoms with E-state index >= 15 is 0 Å². The highest BCUT2D eigenvalue weighted by atomic mass is 16.5. The van der Waals surface area contributed by atoms with Gasteiger partial charge in [-0.05, 0) is 62.1 Å². The fourth-order valence-corrected chi connectivity index (χ4v) is 3.18. The van der Waals surface area contributed by atoms with Gasteiger partial charge in [0.25, 0.3) is 0 Å². The van der Waals surface area contributed by atoms with E-state index in [0.717, 1.165) is 19.5 Å². The molecule has 0 unspecified atom stereocenters. The van der Waals surface area contributed by atoms with Crippen molar-refractivity contribution in [2.45, 2.75) is 32.6 Å². The summed E-state index contributed by atoms with van der Waals surface area (Å²) in [6, 6.07) is 14.5. The Kier molecular flexibility index (Phi) is 6.05. The monoisotopic (exact) mass is 351 g/mol. The molecule has 0 spiro atoms. The highest BCUT2D eigenvalue weighted by Gasteiger charge is 2.14. The second-order valence-corrected chi connectivity index (χ2v) is 6.64. The lowest BCUT2D eigenvalue weighted by Gasteiger charge is -2.28. The molecule has 136 valence electrons. The number of ether oxygens (including phenoxy) is 1. The molecule has 4 heteroatoms. The van der Waals surface area contributed by atoms with Crippen LogP contribution in [0.5, 0.6) is 0 Å². The van der Waals surface area contributed by atoms with Gasteiger partial charge in [-0.1, -0.05) is 19.1 Å². The molecule has 0 saturated carbocycles. The van der Waals surface area contributed by atoms with Crippen molar-refractivity contribution < 1.29 is 14.3 Å². The highest BCUT2D eigenvalue weighted by Crippen LogP contribution is 2.21. The van der Waals surface area contributed by atoms with E-state index < -0.39 is 0 Å². The van der Waals surface area contributed by atoms with Crippen LogP contribution in [0.25, 0.3) is 0 Å². The average molecular weight is 351 g/mol. The van der Waals surface area contributed by atoms with Crippen LogP contribution in [-0.4, -0.2) is 31.4 Å². The first-order chi connectivity index (χ1) is 12.7. The normalized spacial score (nSPS) is 14.1. The summed E-state index contributed by atoms with van der Waals surface area (Å²) in [7, 11) is 0. The maximum atomic E-state index is 12.7. The van der Waals surface area contributed by atoms with Gasteiger partial charge in [-0.25, -0.2) is 4.79 Å². The molecule has 0 bridgehead atoms. The second-order valence-electron chi connectivity index (χ2n) is 6.64. The molecule has 1 aliphatic rings. The van der Waals surface area contributed by atoms with Crippen LogP contribution in [0.4, 0.5) is 5.69 Å². The van der Waals surface area contributed by atoms with Crippen molar-refractivity contribution in [2.75, 3.05) is 24.6 Å². The van der Waals surface area contributed by atoms with Crippen LogP contribution in [-0.2, 0) is 4.74 Å².